The van der Waals surface area contributed by atoms with Crippen LogP contribution in [-0.2, 0) is 27.4 Å². The van der Waals surface area contributed by atoms with E-state index in [4.69, 9.17) is 9.84 Å². The predicted octanol–water partition coefficient (Wildman–Crippen LogP) is 6.39. The van der Waals surface area contributed by atoms with Gasteiger partial charge in [-0.2, -0.15) is 0 Å². The monoisotopic (exact) mass is 597 g/mol. The van der Waals surface area contributed by atoms with E-state index in [1.165, 1.54) is 12.3 Å². The number of aromatic nitrogens is 3. The van der Waals surface area contributed by atoms with Crippen molar-refractivity contribution in [3.05, 3.63) is 94.9 Å². The molecule has 0 fully saturated rings. The molecule has 6 rings (SSSR count). The first-order valence-corrected chi connectivity index (χ1v) is 14.1. The van der Waals surface area contributed by atoms with Gasteiger partial charge in [0.25, 0.3) is 0 Å². The summed E-state index contributed by atoms with van der Waals surface area (Å²) in [4.78, 5) is 19.9. The van der Waals surface area contributed by atoms with Gasteiger partial charge < -0.3 is 19.8 Å². The lowest BCUT2D eigenvalue weighted by Crippen LogP contribution is -2.32. The van der Waals surface area contributed by atoms with Gasteiger partial charge in [0.15, 0.2) is 17.5 Å². The molecule has 2 unspecified atom stereocenters. The van der Waals surface area contributed by atoms with Crippen LogP contribution in [0.3, 0.4) is 0 Å². The van der Waals surface area contributed by atoms with Gasteiger partial charge in [-0.15, -0.1) is 0 Å². The SMILES string of the molecule is CC1(c2cnc(-c3cc(S(=O)c4c(F)c(F)c5[nH]ccc5c4F)ccc3F)[nH]2)CCOc2c(CCC(=O)O)cccc21. The summed E-state index contributed by atoms with van der Waals surface area (Å²) in [7, 11) is -2.53. The van der Waals surface area contributed by atoms with E-state index in [-0.39, 0.29) is 33.6 Å². The van der Waals surface area contributed by atoms with Crippen LogP contribution in [-0.4, -0.2) is 36.8 Å². The second kappa shape index (κ2) is 10.4. The Morgan fingerprint density at radius 1 is 1.12 bits per heavy atom. The smallest absolute Gasteiger partial charge is 0.303 e. The summed E-state index contributed by atoms with van der Waals surface area (Å²) in [5, 5.41) is 8.87. The Balaban J connectivity index is 1.37. The number of hydrogen-bond acceptors (Lipinski definition) is 4. The van der Waals surface area contributed by atoms with E-state index in [2.05, 4.69) is 15.0 Å². The number of fused-ring (bicyclic) bond motifs is 2. The maximum absolute atomic E-state index is 15.1. The third kappa shape index (κ3) is 4.46. The molecule has 2 atom stereocenters. The quantitative estimate of drug-likeness (QED) is 0.149. The van der Waals surface area contributed by atoms with Crippen LogP contribution in [0, 0.1) is 23.3 Å². The molecule has 7 nitrogen and oxygen atoms in total. The van der Waals surface area contributed by atoms with Gasteiger partial charge in [0.05, 0.1) is 28.5 Å². The number of carboxylic acid groups (broad SMARTS) is 1. The van der Waals surface area contributed by atoms with E-state index in [9.17, 15) is 17.8 Å². The summed E-state index contributed by atoms with van der Waals surface area (Å²) in [6.07, 6.45) is 3.57. The van der Waals surface area contributed by atoms with Gasteiger partial charge >= 0.3 is 5.97 Å². The normalized spacial score (nSPS) is 17.2. The minimum absolute atomic E-state index is 0.0544. The van der Waals surface area contributed by atoms with Crippen LogP contribution in [0.15, 0.2) is 64.6 Å². The predicted molar refractivity (Wildman–Crippen MR) is 146 cm³/mol. The van der Waals surface area contributed by atoms with Gasteiger partial charge in [0.2, 0.25) is 0 Å². The van der Waals surface area contributed by atoms with Gasteiger partial charge in [-0.1, -0.05) is 18.2 Å². The van der Waals surface area contributed by atoms with Crippen LogP contribution in [0.5, 0.6) is 5.75 Å². The fourth-order valence-electron chi connectivity index (χ4n) is 5.38. The molecule has 12 heteroatoms. The fourth-order valence-corrected chi connectivity index (χ4v) is 6.56. The Hall–Kier alpha value is -4.45. The number of halogens is 4. The zero-order valence-electron chi connectivity index (χ0n) is 22.1. The van der Waals surface area contributed by atoms with E-state index in [0.29, 0.717) is 30.9 Å². The lowest BCUT2D eigenvalue weighted by molar-refractivity contribution is -0.136. The third-order valence-electron chi connectivity index (χ3n) is 7.70. The molecule has 0 bridgehead atoms. The van der Waals surface area contributed by atoms with Crippen molar-refractivity contribution in [2.75, 3.05) is 6.61 Å². The van der Waals surface area contributed by atoms with Crippen molar-refractivity contribution >= 4 is 27.7 Å². The average Bonchev–Trinajstić information content (AvgIpc) is 3.67. The van der Waals surface area contributed by atoms with E-state index in [0.717, 1.165) is 29.3 Å². The average molecular weight is 598 g/mol. The minimum atomic E-state index is -2.53. The van der Waals surface area contributed by atoms with Crippen LogP contribution in [0.2, 0.25) is 0 Å². The molecular weight excluding hydrogens is 574 g/mol. The summed E-state index contributed by atoms with van der Waals surface area (Å²) in [6.45, 7) is 2.32. The number of aryl methyl sites for hydroxylation is 1. The summed E-state index contributed by atoms with van der Waals surface area (Å²) >= 11 is 0. The molecule has 2 aromatic heterocycles. The second-order valence-electron chi connectivity index (χ2n) is 10.2. The topological polar surface area (TPSA) is 108 Å². The Morgan fingerprint density at radius 2 is 1.93 bits per heavy atom. The first-order chi connectivity index (χ1) is 20.1. The Bertz CT molecular complexity index is 1900. The van der Waals surface area contributed by atoms with Gasteiger partial charge in [0.1, 0.15) is 22.3 Å². The van der Waals surface area contributed by atoms with Crippen molar-refractivity contribution in [2.24, 2.45) is 0 Å². The molecule has 1 aliphatic rings. The van der Waals surface area contributed by atoms with Crippen molar-refractivity contribution in [3.8, 4) is 17.1 Å². The van der Waals surface area contributed by atoms with Gasteiger partial charge in [-0.05, 0) is 49.6 Å². The molecule has 1 aliphatic heterocycles. The number of ether oxygens (including phenoxy) is 1. The molecule has 216 valence electrons. The highest BCUT2D eigenvalue weighted by atomic mass is 32.2. The molecule has 0 amide bonds. The van der Waals surface area contributed by atoms with Crippen LogP contribution in [0.4, 0.5) is 17.6 Å². The highest BCUT2D eigenvalue weighted by Crippen LogP contribution is 2.45. The summed E-state index contributed by atoms with van der Waals surface area (Å²) in [6, 6.07) is 10.0. The number of benzene rings is 3. The number of para-hydroxylation sites is 1. The number of H-pyrrole nitrogens is 2. The lowest BCUT2D eigenvalue weighted by atomic mass is 9.74. The number of nitrogens with zero attached hydrogens (tertiary/aromatic N) is 1. The van der Waals surface area contributed by atoms with Crippen molar-refractivity contribution in [1.29, 1.82) is 0 Å². The van der Waals surface area contributed by atoms with Gasteiger partial charge in [-0.3, -0.25) is 4.79 Å². The molecule has 3 heterocycles. The van der Waals surface area contributed by atoms with Crippen LogP contribution in [0.25, 0.3) is 22.3 Å². The molecule has 0 saturated heterocycles. The summed E-state index contributed by atoms with van der Waals surface area (Å²) < 4.78 is 78.8. The van der Waals surface area contributed by atoms with Crippen LogP contribution in [0.1, 0.15) is 36.6 Å². The van der Waals surface area contributed by atoms with Crippen LogP contribution >= 0.6 is 0 Å². The molecule has 42 heavy (non-hydrogen) atoms. The first kappa shape index (κ1) is 27.7. The number of hydrogen-bond donors (Lipinski definition) is 3. The second-order valence-corrected chi connectivity index (χ2v) is 11.6. The van der Waals surface area contributed by atoms with E-state index in [1.807, 2.05) is 25.1 Å². The van der Waals surface area contributed by atoms with Gasteiger partial charge in [-0.25, -0.2) is 26.8 Å². The van der Waals surface area contributed by atoms with E-state index >= 15 is 8.78 Å². The molecule has 3 aromatic carbocycles. The number of nitrogens with one attached hydrogen (secondary N) is 2. The number of rotatable bonds is 7. The van der Waals surface area contributed by atoms with E-state index < -0.39 is 50.3 Å². The minimum Gasteiger partial charge on any atom is -0.493 e. The van der Waals surface area contributed by atoms with Crippen LogP contribution < -0.4 is 4.74 Å². The number of aromatic amines is 2. The maximum atomic E-state index is 15.1. The molecule has 0 radical (unpaired) electrons. The highest BCUT2D eigenvalue weighted by molar-refractivity contribution is 7.85. The number of carbonyl (C=O) groups is 1. The number of imidazole rings is 1. The van der Waals surface area contributed by atoms with Gasteiger partial charge in [0, 0.05) is 45.8 Å². The van der Waals surface area contributed by atoms with Crippen molar-refractivity contribution in [2.45, 2.75) is 41.4 Å². The van der Waals surface area contributed by atoms with E-state index in [1.54, 1.807) is 6.20 Å². The zero-order chi connectivity index (χ0) is 29.8. The molecule has 5 aromatic rings. The third-order valence-corrected chi connectivity index (χ3v) is 9.12. The number of carboxylic acids is 1. The van der Waals surface area contributed by atoms with Crippen molar-refractivity contribution in [1.82, 2.24) is 15.0 Å². The largest absolute Gasteiger partial charge is 0.493 e. The highest BCUT2D eigenvalue weighted by Gasteiger charge is 2.38. The molecule has 3 N–H and O–H groups in total. The van der Waals surface area contributed by atoms with Crippen molar-refractivity contribution in [3.63, 3.8) is 0 Å². The standard InChI is InChI=1S/C30H23F4N3O4S/c1-30(10-12-41-27-15(5-8-22(38)39)3-2-4-19(27)30)21-14-36-29(37-21)18-13-16(6-7-20(18)31)42(40)28-23(32)17-9-11-35-26(17)24(33)25(28)34/h2-4,6-7,9,11,13-14,35H,5,8,10,12H2,1H3,(H,36,37)(H,38,39). The molecule has 0 spiro atoms. The maximum Gasteiger partial charge on any atom is 0.303 e. The number of aliphatic carboxylic acids is 1. The zero-order valence-corrected chi connectivity index (χ0v) is 22.9. The molecule has 0 saturated carbocycles. The van der Waals surface area contributed by atoms with Crippen molar-refractivity contribution < 1.29 is 36.4 Å². The Kier molecular flexibility index (Phi) is 6.88. The molecular formula is C30H23F4N3O4S. The Labute approximate surface area is 239 Å². The molecule has 0 aliphatic carbocycles. The summed E-state index contributed by atoms with van der Waals surface area (Å²) in [5.41, 5.74) is 1.07. The summed E-state index contributed by atoms with van der Waals surface area (Å²) in [5.74, 6) is -5.10. The first-order valence-electron chi connectivity index (χ1n) is 13.0. The lowest BCUT2D eigenvalue weighted by Gasteiger charge is -2.36. The fraction of sp³-hybridized carbons (Fsp3) is 0.200. The Morgan fingerprint density at radius 3 is 2.71 bits per heavy atom.